The minimum Gasteiger partial charge on any atom is -0.493 e. The first-order chi connectivity index (χ1) is 15.2. The molecule has 1 aromatic heterocycles. The summed E-state index contributed by atoms with van der Waals surface area (Å²) in [5, 5.41) is 0.973. The monoisotopic (exact) mass is 436 g/mol. The second kappa shape index (κ2) is 9.47. The number of nitrogens with zero attached hydrogens (tertiary/aromatic N) is 2. The molecule has 0 unspecified atom stereocenters. The van der Waals surface area contributed by atoms with Gasteiger partial charge in [-0.15, -0.1) is 0 Å². The van der Waals surface area contributed by atoms with Gasteiger partial charge in [-0.2, -0.15) is 0 Å². The molecule has 3 rings (SSSR count). The maximum absolute atomic E-state index is 13.6. The summed E-state index contributed by atoms with van der Waals surface area (Å²) in [7, 11) is 4.81. The molecule has 0 aliphatic heterocycles. The third-order valence-corrected chi connectivity index (χ3v) is 5.63. The van der Waals surface area contributed by atoms with Gasteiger partial charge >= 0.3 is 0 Å². The van der Waals surface area contributed by atoms with Crippen LogP contribution in [0.1, 0.15) is 49.5 Å². The highest BCUT2D eigenvalue weighted by molar-refractivity contribution is 6.14. The van der Waals surface area contributed by atoms with Crippen LogP contribution in [-0.2, 0) is 6.54 Å². The lowest BCUT2D eigenvalue weighted by Crippen LogP contribution is -2.30. The van der Waals surface area contributed by atoms with E-state index in [1.165, 1.54) is 19.8 Å². The van der Waals surface area contributed by atoms with Crippen LogP contribution in [0.4, 0.5) is 5.69 Å². The molecule has 6 nitrogen and oxygen atoms in total. The number of ether oxygens (including phenoxy) is 2. The molecule has 32 heavy (non-hydrogen) atoms. The van der Waals surface area contributed by atoms with Crippen LogP contribution in [-0.4, -0.2) is 31.7 Å². The van der Waals surface area contributed by atoms with Gasteiger partial charge in [0.2, 0.25) is 0 Å². The van der Waals surface area contributed by atoms with E-state index in [2.05, 4.69) is 13.8 Å². The molecule has 0 spiro atoms. The first kappa shape index (κ1) is 23.4. The summed E-state index contributed by atoms with van der Waals surface area (Å²) in [6.45, 7) is 8.85. The van der Waals surface area contributed by atoms with Gasteiger partial charge in [0.15, 0.2) is 11.5 Å². The molecular formula is C26H32N2O4. The van der Waals surface area contributed by atoms with Crippen molar-refractivity contribution in [2.75, 3.05) is 26.2 Å². The average molecular weight is 437 g/mol. The molecule has 170 valence electrons. The lowest BCUT2D eigenvalue weighted by Gasteiger charge is -2.21. The molecule has 0 radical (unpaired) electrons. The molecule has 0 saturated carbocycles. The molecular weight excluding hydrogens is 404 g/mol. The smallest absolute Gasteiger partial charge is 0.260 e. The maximum atomic E-state index is 13.6. The SMILES string of the molecule is COc1cc2c(C(=O)N(C)c3ccc(C(C)C)cc3)cn(CC(C)C)c(=O)c2cc1OC. The zero-order valence-corrected chi connectivity index (χ0v) is 19.9. The number of rotatable bonds is 7. The summed E-state index contributed by atoms with van der Waals surface area (Å²) in [4.78, 5) is 28.4. The van der Waals surface area contributed by atoms with Crippen LogP contribution in [0, 0.1) is 5.92 Å². The number of carbonyl (C=O) groups excluding carboxylic acids is 1. The van der Waals surface area contributed by atoms with E-state index in [0.29, 0.717) is 40.3 Å². The first-order valence-corrected chi connectivity index (χ1v) is 10.8. The van der Waals surface area contributed by atoms with E-state index in [1.807, 2.05) is 38.1 Å². The van der Waals surface area contributed by atoms with Crippen molar-refractivity contribution in [3.63, 3.8) is 0 Å². The van der Waals surface area contributed by atoms with Crippen molar-refractivity contribution in [1.29, 1.82) is 0 Å². The Balaban J connectivity index is 2.19. The Morgan fingerprint density at radius 1 is 0.969 bits per heavy atom. The van der Waals surface area contributed by atoms with Crippen LogP contribution in [0.15, 0.2) is 47.4 Å². The van der Waals surface area contributed by atoms with Crippen LogP contribution >= 0.6 is 0 Å². The van der Waals surface area contributed by atoms with Gasteiger partial charge in [0.05, 0.1) is 25.2 Å². The third-order valence-electron chi connectivity index (χ3n) is 5.63. The predicted molar refractivity (Wildman–Crippen MR) is 129 cm³/mol. The summed E-state index contributed by atoms with van der Waals surface area (Å²) in [5.74, 6) is 1.39. The first-order valence-electron chi connectivity index (χ1n) is 10.8. The Bertz CT molecular complexity index is 1180. The van der Waals surface area contributed by atoms with Crippen molar-refractivity contribution in [3.05, 3.63) is 64.1 Å². The van der Waals surface area contributed by atoms with E-state index >= 15 is 0 Å². The van der Waals surface area contributed by atoms with Crippen molar-refractivity contribution >= 4 is 22.4 Å². The van der Waals surface area contributed by atoms with Gasteiger partial charge < -0.3 is 18.9 Å². The Labute approximate surface area is 189 Å². The van der Waals surface area contributed by atoms with Crippen LogP contribution in [0.25, 0.3) is 10.8 Å². The standard InChI is InChI=1S/C26H32N2O4/c1-16(2)14-28-15-22(20-12-23(31-6)24(32-7)13-21(20)26(28)30)25(29)27(5)19-10-8-18(9-11-19)17(3)4/h8-13,15-17H,14H2,1-7H3. The molecule has 3 aromatic rings. The number of aromatic nitrogens is 1. The highest BCUT2D eigenvalue weighted by Gasteiger charge is 2.22. The number of carbonyl (C=O) groups is 1. The minimum absolute atomic E-state index is 0.157. The normalized spacial score (nSPS) is 11.3. The van der Waals surface area contributed by atoms with Gasteiger partial charge in [-0.25, -0.2) is 0 Å². The number of pyridine rings is 1. The number of methoxy groups -OCH3 is 2. The van der Waals surface area contributed by atoms with E-state index in [9.17, 15) is 9.59 Å². The van der Waals surface area contributed by atoms with E-state index < -0.39 is 0 Å². The molecule has 0 aliphatic rings. The van der Waals surface area contributed by atoms with E-state index in [4.69, 9.17) is 9.47 Å². The zero-order chi connectivity index (χ0) is 23.6. The fourth-order valence-electron chi connectivity index (χ4n) is 3.80. The summed E-state index contributed by atoms with van der Waals surface area (Å²) in [6.07, 6.45) is 1.66. The van der Waals surface area contributed by atoms with Crippen LogP contribution in [0.3, 0.4) is 0 Å². The van der Waals surface area contributed by atoms with Crippen LogP contribution < -0.4 is 19.9 Å². The number of hydrogen-bond donors (Lipinski definition) is 0. The van der Waals surface area contributed by atoms with Gasteiger partial charge in [0.1, 0.15) is 0 Å². The second-order valence-electron chi connectivity index (χ2n) is 8.76. The third kappa shape index (κ3) is 4.49. The lowest BCUT2D eigenvalue weighted by molar-refractivity contribution is 0.0993. The molecule has 0 aliphatic carbocycles. The minimum atomic E-state index is -0.197. The zero-order valence-electron chi connectivity index (χ0n) is 19.9. The van der Waals surface area contributed by atoms with Gasteiger partial charge in [0.25, 0.3) is 11.5 Å². The van der Waals surface area contributed by atoms with E-state index in [-0.39, 0.29) is 17.4 Å². The summed E-state index contributed by atoms with van der Waals surface area (Å²) >= 11 is 0. The molecule has 0 atom stereocenters. The molecule has 1 amide bonds. The van der Waals surface area contributed by atoms with Crippen molar-refractivity contribution in [2.24, 2.45) is 5.92 Å². The van der Waals surface area contributed by atoms with E-state index in [1.54, 1.807) is 34.8 Å². The van der Waals surface area contributed by atoms with Crippen molar-refractivity contribution in [2.45, 2.75) is 40.2 Å². The lowest BCUT2D eigenvalue weighted by atomic mass is 10.0. The summed E-state index contributed by atoms with van der Waals surface area (Å²) < 4.78 is 12.4. The fraction of sp³-hybridized carbons (Fsp3) is 0.385. The number of hydrogen-bond acceptors (Lipinski definition) is 4. The maximum Gasteiger partial charge on any atom is 0.260 e. The molecule has 0 saturated heterocycles. The predicted octanol–water partition coefficient (Wildman–Crippen LogP) is 5.07. The highest BCUT2D eigenvalue weighted by Crippen LogP contribution is 2.33. The van der Waals surface area contributed by atoms with Gasteiger partial charge in [0, 0.05) is 30.9 Å². The van der Waals surface area contributed by atoms with Crippen LogP contribution in [0.5, 0.6) is 11.5 Å². The Hall–Kier alpha value is -3.28. The summed E-state index contributed by atoms with van der Waals surface area (Å²) in [5.41, 5.74) is 2.28. The molecule has 1 heterocycles. The molecule has 0 N–H and O–H groups in total. The Morgan fingerprint density at radius 3 is 2.03 bits per heavy atom. The molecule has 0 bridgehead atoms. The second-order valence-corrected chi connectivity index (χ2v) is 8.76. The average Bonchev–Trinajstić information content (AvgIpc) is 2.78. The van der Waals surface area contributed by atoms with Gasteiger partial charge in [-0.05, 0) is 41.7 Å². The van der Waals surface area contributed by atoms with Crippen molar-refractivity contribution < 1.29 is 14.3 Å². The van der Waals surface area contributed by atoms with E-state index in [0.717, 1.165) is 5.69 Å². The Kier molecular flexibility index (Phi) is 6.92. The van der Waals surface area contributed by atoms with Crippen molar-refractivity contribution in [1.82, 2.24) is 4.57 Å². The number of benzene rings is 2. The quantitative estimate of drug-likeness (QED) is 0.519. The van der Waals surface area contributed by atoms with Gasteiger partial charge in [-0.3, -0.25) is 9.59 Å². The largest absolute Gasteiger partial charge is 0.493 e. The van der Waals surface area contributed by atoms with Gasteiger partial charge in [-0.1, -0.05) is 39.8 Å². The molecule has 6 heteroatoms. The summed E-state index contributed by atoms with van der Waals surface area (Å²) in [6, 6.07) is 11.3. The molecule has 0 fully saturated rings. The number of amides is 1. The topological polar surface area (TPSA) is 60.8 Å². The Morgan fingerprint density at radius 2 is 1.53 bits per heavy atom. The number of anilines is 1. The van der Waals surface area contributed by atoms with Crippen LogP contribution in [0.2, 0.25) is 0 Å². The fourth-order valence-corrected chi connectivity index (χ4v) is 3.80. The highest BCUT2D eigenvalue weighted by atomic mass is 16.5. The molecule has 2 aromatic carbocycles. The number of fused-ring (bicyclic) bond motifs is 1. The van der Waals surface area contributed by atoms with Crippen molar-refractivity contribution in [3.8, 4) is 11.5 Å².